The molecule has 0 fully saturated rings. The van der Waals surface area contributed by atoms with Crippen LogP contribution in [-0.2, 0) is 13.6 Å². The Bertz CT molecular complexity index is 1350. The molecule has 0 radical (unpaired) electrons. The number of alkyl halides is 2. The van der Waals surface area contributed by atoms with Crippen LogP contribution in [-0.4, -0.2) is 39.6 Å². The number of carbonyl (C=O) groups excluding carboxylic acids is 2. The zero-order chi connectivity index (χ0) is 24.3. The minimum absolute atomic E-state index is 0.114. The maximum Gasteiger partial charge on any atom is 0.286 e. The van der Waals surface area contributed by atoms with Gasteiger partial charge in [0.15, 0.2) is 5.82 Å². The molecular weight excluding hydrogens is 483 g/mol. The van der Waals surface area contributed by atoms with Crippen molar-refractivity contribution in [1.82, 2.24) is 19.7 Å². The van der Waals surface area contributed by atoms with Gasteiger partial charge in [-0.05, 0) is 12.0 Å². The Labute approximate surface area is 194 Å². The van der Waals surface area contributed by atoms with E-state index in [2.05, 4.69) is 27.6 Å². The van der Waals surface area contributed by atoms with E-state index in [0.717, 1.165) is 23.6 Å². The van der Waals surface area contributed by atoms with Crippen LogP contribution in [0.1, 0.15) is 31.4 Å². The molecule has 0 aliphatic rings. The fourth-order valence-corrected chi connectivity index (χ4v) is 3.80. The number of nitrogens with zero attached hydrogens (tertiary/aromatic N) is 3. The highest BCUT2D eigenvalue weighted by Gasteiger charge is 2.16. The first-order valence-electron chi connectivity index (χ1n) is 9.16. The van der Waals surface area contributed by atoms with E-state index in [-0.39, 0.29) is 20.8 Å². The number of nitrogens with one attached hydrogen (secondary N) is 2. The molecule has 2 N–H and O–H groups in total. The lowest BCUT2D eigenvalue weighted by Crippen LogP contribution is -2.26. The predicted octanol–water partition coefficient (Wildman–Crippen LogP) is 2.71. The first kappa shape index (κ1) is 24.1. The van der Waals surface area contributed by atoms with Crippen molar-refractivity contribution in [1.29, 1.82) is 0 Å². The van der Waals surface area contributed by atoms with Gasteiger partial charge in [0.05, 0.1) is 22.7 Å². The Morgan fingerprint density at radius 3 is 2.64 bits per heavy atom. The van der Waals surface area contributed by atoms with Crippen LogP contribution in [0.15, 0.2) is 29.2 Å². The molecule has 0 aliphatic heterocycles. The Kier molecular flexibility index (Phi) is 7.25. The van der Waals surface area contributed by atoms with E-state index in [1.54, 1.807) is 7.05 Å². The van der Waals surface area contributed by atoms with E-state index in [9.17, 15) is 27.6 Å². The van der Waals surface area contributed by atoms with Gasteiger partial charge in [-0.2, -0.15) is 5.10 Å². The summed E-state index contributed by atoms with van der Waals surface area (Å²) in [7, 11) is 3.07. The molecule has 0 saturated carbocycles. The Morgan fingerprint density at radius 1 is 1.24 bits per heavy atom. The zero-order valence-corrected chi connectivity index (χ0v) is 18.7. The average molecular weight is 498 g/mol. The van der Waals surface area contributed by atoms with E-state index in [1.807, 2.05) is 0 Å². The van der Waals surface area contributed by atoms with Crippen LogP contribution in [0.25, 0.3) is 0 Å². The van der Waals surface area contributed by atoms with Crippen molar-refractivity contribution in [2.24, 2.45) is 7.05 Å². The van der Waals surface area contributed by atoms with E-state index >= 15 is 0 Å². The molecule has 3 heterocycles. The molecule has 2 amide bonds. The highest BCUT2D eigenvalue weighted by molar-refractivity contribution is 7.18. The number of amides is 2. The summed E-state index contributed by atoms with van der Waals surface area (Å²) in [4.78, 5) is 36.0. The van der Waals surface area contributed by atoms with Gasteiger partial charge in [0.25, 0.3) is 23.8 Å². The van der Waals surface area contributed by atoms with Gasteiger partial charge in [0.1, 0.15) is 15.7 Å². The number of pyridine rings is 1. The van der Waals surface area contributed by atoms with Crippen molar-refractivity contribution in [2.45, 2.75) is 13.0 Å². The molecule has 0 atom stereocenters. The van der Waals surface area contributed by atoms with E-state index < -0.39 is 30.3 Å². The topological polar surface area (TPSA) is 98.0 Å². The van der Waals surface area contributed by atoms with Crippen molar-refractivity contribution >= 4 is 40.4 Å². The Hall–Kier alpha value is -3.56. The summed E-state index contributed by atoms with van der Waals surface area (Å²) < 4.78 is 41.0. The molecule has 0 spiro atoms. The number of aryl methyl sites for hydroxylation is 1. The van der Waals surface area contributed by atoms with Crippen LogP contribution in [0.4, 0.5) is 18.9 Å². The van der Waals surface area contributed by atoms with E-state index in [4.69, 9.17) is 11.6 Å². The number of aromatic nitrogens is 3. The number of hydrogen-bond acceptors (Lipinski definition) is 5. The number of carbonyl (C=O) groups is 2. The number of rotatable bonds is 5. The average Bonchev–Trinajstić information content (AvgIpc) is 3.31. The lowest BCUT2D eigenvalue weighted by Gasteiger charge is -2.09. The second-order valence-corrected chi connectivity index (χ2v) is 8.20. The van der Waals surface area contributed by atoms with Gasteiger partial charge in [0.2, 0.25) is 0 Å². The fourth-order valence-electron chi connectivity index (χ4n) is 2.71. The molecular formula is C20H15ClF3N5O3S. The molecule has 3 aromatic heterocycles. The minimum atomic E-state index is -2.88. The molecule has 3 rings (SSSR count). The van der Waals surface area contributed by atoms with Crippen molar-refractivity contribution in [2.75, 3.05) is 12.4 Å². The lowest BCUT2D eigenvalue weighted by molar-refractivity contribution is 0.0952. The third kappa shape index (κ3) is 5.63. The minimum Gasteiger partial charge on any atom is -0.354 e. The van der Waals surface area contributed by atoms with Gasteiger partial charge in [0, 0.05) is 32.4 Å². The number of anilines is 1. The smallest absolute Gasteiger partial charge is 0.286 e. The fraction of sp³-hybridized carbons (Fsp3) is 0.200. The third-order valence-corrected chi connectivity index (χ3v) is 5.57. The van der Waals surface area contributed by atoms with Gasteiger partial charge in [-0.25, -0.2) is 13.2 Å². The standard InChI is InChI=1S/C20H15ClF3N5O3S/c1-25-18(30)14-7-11(27-28(14)2)4-3-10-5-15(33-17(10)21)19(31)26-12-6-13(22)20(32)29(8-12)9-16(23)24/h5-8,16H,9H2,1-2H3,(H,25,30)(H,26,31). The maximum absolute atomic E-state index is 13.8. The van der Waals surface area contributed by atoms with Gasteiger partial charge in [-0.3, -0.25) is 19.1 Å². The van der Waals surface area contributed by atoms with Crippen molar-refractivity contribution in [3.63, 3.8) is 0 Å². The Morgan fingerprint density at radius 2 is 1.97 bits per heavy atom. The van der Waals surface area contributed by atoms with Crippen LogP contribution < -0.4 is 16.2 Å². The Balaban J connectivity index is 1.81. The van der Waals surface area contributed by atoms with Crippen molar-refractivity contribution in [3.8, 4) is 11.8 Å². The first-order chi connectivity index (χ1) is 15.6. The second-order valence-electron chi connectivity index (χ2n) is 6.55. The summed E-state index contributed by atoms with van der Waals surface area (Å²) in [6.07, 6.45) is -1.95. The summed E-state index contributed by atoms with van der Waals surface area (Å²) in [6, 6.07) is 3.62. The molecule has 33 heavy (non-hydrogen) atoms. The van der Waals surface area contributed by atoms with Crippen LogP contribution in [0.5, 0.6) is 0 Å². The summed E-state index contributed by atoms with van der Waals surface area (Å²) in [6.45, 7) is -1.01. The first-order valence-corrected chi connectivity index (χ1v) is 10.4. The highest BCUT2D eigenvalue weighted by atomic mass is 35.5. The largest absolute Gasteiger partial charge is 0.354 e. The van der Waals surface area contributed by atoms with Gasteiger partial charge in [-0.15, -0.1) is 11.3 Å². The maximum atomic E-state index is 13.8. The molecule has 3 aromatic rings. The van der Waals surface area contributed by atoms with Crippen LogP contribution in [0, 0.1) is 17.7 Å². The normalized spacial score (nSPS) is 10.6. The third-order valence-electron chi connectivity index (χ3n) is 4.21. The molecule has 0 aromatic carbocycles. The van der Waals surface area contributed by atoms with Crippen LogP contribution in [0.2, 0.25) is 4.34 Å². The van der Waals surface area contributed by atoms with Gasteiger partial charge >= 0.3 is 0 Å². The van der Waals surface area contributed by atoms with Crippen LogP contribution in [0.3, 0.4) is 0 Å². The summed E-state index contributed by atoms with van der Waals surface area (Å²) in [5.41, 5.74) is -0.475. The lowest BCUT2D eigenvalue weighted by atomic mass is 10.2. The summed E-state index contributed by atoms with van der Waals surface area (Å²) in [5.74, 6) is 3.21. The second kappa shape index (κ2) is 9.93. The van der Waals surface area contributed by atoms with E-state index in [1.165, 1.54) is 23.9 Å². The summed E-state index contributed by atoms with van der Waals surface area (Å²) in [5, 5.41) is 8.94. The molecule has 0 aliphatic carbocycles. The molecule has 0 saturated heterocycles. The van der Waals surface area contributed by atoms with Gasteiger partial charge in [-0.1, -0.05) is 17.5 Å². The van der Waals surface area contributed by atoms with Crippen LogP contribution >= 0.6 is 22.9 Å². The number of hydrogen-bond donors (Lipinski definition) is 2. The van der Waals surface area contributed by atoms with Gasteiger partial charge < -0.3 is 15.2 Å². The quantitative estimate of drug-likeness (QED) is 0.530. The van der Waals surface area contributed by atoms with Crippen molar-refractivity contribution in [3.05, 3.63) is 66.7 Å². The molecule has 172 valence electrons. The molecule has 8 nitrogen and oxygen atoms in total. The van der Waals surface area contributed by atoms with E-state index in [0.29, 0.717) is 21.5 Å². The monoisotopic (exact) mass is 497 g/mol. The molecule has 0 unspecified atom stereocenters. The molecule has 13 heteroatoms. The molecule has 0 bridgehead atoms. The number of halogens is 4. The zero-order valence-electron chi connectivity index (χ0n) is 17.1. The summed E-state index contributed by atoms with van der Waals surface area (Å²) >= 11 is 7.05. The number of thiophene rings is 1. The SMILES string of the molecule is CNC(=O)c1cc(C#Cc2cc(C(=O)Nc3cc(F)c(=O)n(CC(F)F)c3)sc2Cl)nn1C. The van der Waals surface area contributed by atoms with Crippen molar-refractivity contribution < 1.29 is 22.8 Å². The predicted molar refractivity (Wildman–Crippen MR) is 117 cm³/mol. The highest BCUT2D eigenvalue weighted by Crippen LogP contribution is 2.28.